The van der Waals surface area contributed by atoms with E-state index in [2.05, 4.69) is 15.6 Å². The summed E-state index contributed by atoms with van der Waals surface area (Å²) < 4.78 is 7.09. The van der Waals surface area contributed by atoms with Crippen molar-refractivity contribution in [1.29, 1.82) is 0 Å². The predicted molar refractivity (Wildman–Crippen MR) is 96.0 cm³/mol. The molecule has 0 radical (unpaired) electrons. The number of benzene rings is 1. The largest absolute Gasteiger partial charge is 0.338 e. The third kappa shape index (κ3) is 3.33. The molecule has 0 fully saturated rings. The van der Waals surface area contributed by atoms with Crippen LogP contribution in [0.15, 0.2) is 34.9 Å². The highest BCUT2D eigenvalue weighted by Gasteiger charge is 2.18. The van der Waals surface area contributed by atoms with Crippen LogP contribution in [0.2, 0.25) is 0 Å². The smallest absolute Gasteiger partial charge is 0.234 e. The molecule has 0 atom stereocenters. The third-order valence-corrected chi connectivity index (χ3v) is 4.39. The Morgan fingerprint density at radius 2 is 1.92 bits per heavy atom. The number of para-hydroxylation sites is 1. The van der Waals surface area contributed by atoms with Crippen LogP contribution in [0.3, 0.4) is 0 Å². The zero-order valence-corrected chi connectivity index (χ0v) is 15.0. The van der Waals surface area contributed by atoms with E-state index in [1.165, 1.54) is 0 Å². The lowest BCUT2D eigenvalue weighted by atomic mass is 10.1. The molecule has 1 aromatic carbocycles. The number of anilines is 1. The number of aromatic nitrogens is 3. The lowest BCUT2D eigenvalue weighted by Gasteiger charge is -2.06. The molecule has 0 aliphatic carbocycles. The molecule has 0 aliphatic heterocycles. The minimum Gasteiger partial charge on any atom is -0.338 e. The van der Waals surface area contributed by atoms with Crippen molar-refractivity contribution < 1.29 is 9.32 Å². The summed E-state index contributed by atoms with van der Waals surface area (Å²) in [5.74, 6) is 0.285. The fraction of sp³-hybridized carbons (Fsp3) is 0.316. The second kappa shape index (κ2) is 6.93. The molecule has 130 valence electrons. The Morgan fingerprint density at radius 1 is 1.20 bits per heavy atom. The van der Waals surface area contributed by atoms with Gasteiger partial charge < -0.3 is 4.52 Å². The number of rotatable bonds is 5. The molecule has 0 bridgehead atoms. The Morgan fingerprint density at radius 3 is 2.56 bits per heavy atom. The van der Waals surface area contributed by atoms with Crippen LogP contribution in [0.5, 0.6) is 0 Å². The van der Waals surface area contributed by atoms with E-state index in [0.717, 1.165) is 40.3 Å². The van der Waals surface area contributed by atoms with Crippen molar-refractivity contribution in [3.8, 4) is 5.69 Å². The molecular weight excluding hydrogens is 316 g/mol. The molecule has 3 aromatic rings. The summed E-state index contributed by atoms with van der Waals surface area (Å²) in [6.45, 7) is 7.80. The van der Waals surface area contributed by atoms with Crippen LogP contribution >= 0.6 is 0 Å². The van der Waals surface area contributed by atoms with E-state index in [1.54, 1.807) is 0 Å². The number of carbonyl (C=O) groups excluding carboxylic acids is 1. The molecule has 2 aromatic heterocycles. The van der Waals surface area contributed by atoms with E-state index in [4.69, 9.17) is 4.52 Å². The van der Waals surface area contributed by atoms with E-state index >= 15 is 0 Å². The van der Waals surface area contributed by atoms with Crippen LogP contribution in [-0.4, -0.2) is 20.8 Å². The molecule has 6 nitrogen and oxygen atoms in total. The predicted octanol–water partition coefficient (Wildman–Crippen LogP) is 3.53. The summed E-state index contributed by atoms with van der Waals surface area (Å²) in [4.78, 5) is 12.4. The molecule has 25 heavy (non-hydrogen) atoms. The van der Waals surface area contributed by atoms with Crippen LogP contribution in [-0.2, 0) is 17.6 Å². The highest BCUT2D eigenvalue weighted by atomic mass is 16.5. The van der Waals surface area contributed by atoms with Crippen molar-refractivity contribution in [2.45, 2.75) is 40.5 Å². The molecule has 6 heteroatoms. The lowest BCUT2D eigenvalue weighted by Crippen LogP contribution is -2.15. The zero-order valence-electron chi connectivity index (χ0n) is 15.0. The number of amides is 1. The van der Waals surface area contributed by atoms with Crippen molar-refractivity contribution in [2.24, 2.45) is 0 Å². The summed E-state index contributed by atoms with van der Waals surface area (Å²) >= 11 is 0. The van der Waals surface area contributed by atoms with E-state index in [-0.39, 0.29) is 12.3 Å². The molecule has 1 amide bonds. The second-order valence-corrected chi connectivity index (χ2v) is 6.06. The fourth-order valence-electron chi connectivity index (χ4n) is 2.90. The molecule has 0 saturated heterocycles. The number of nitrogens with one attached hydrogen (secondary N) is 1. The molecule has 1 N–H and O–H groups in total. The minimum absolute atomic E-state index is 0.138. The monoisotopic (exact) mass is 338 g/mol. The summed E-state index contributed by atoms with van der Waals surface area (Å²) in [6, 6.07) is 9.89. The fourth-order valence-corrected chi connectivity index (χ4v) is 2.90. The SMILES string of the molecule is CCc1noc(NC(=O)Cc2c(C)nn(-c3ccccc3)c2C)c1C. The van der Waals surface area contributed by atoms with E-state index < -0.39 is 0 Å². The summed E-state index contributed by atoms with van der Waals surface area (Å²) in [5, 5.41) is 11.4. The van der Waals surface area contributed by atoms with Gasteiger partial charge in [0.25, 0.3) is 0 Å². The Hall–Kier alpha value is -2.89. The summed E-state index contributed by atoms with van der Waals surface area (Å²) in [6.07, 6.45) is 1.01. The van der Waals surface area contributed by atoms with Crippen molar-refractivity contribution in [1.82, 2.24) is 14.9 Å². The van der Waals surface area contributed by atoms with Gasteiger partial charge in [0, 0.05) is 16.8 Å². The van der Waals surface area contributed by atoms with Gasteiger partial charge in [-0.15, -0.1) is 0 Å². The molecule has 0 unspecified atom stereocenters. The number of aryl methyl sites for hydroxylation is 2. The van der Waals surface area contributed by atoms with E-state index in [1.807, 2.05) is 62.7 Å². The molecule has 0 aliphatic rings. The van der Waals surface area contributed by atoms with Crippen molar-refractivity contribution in [2.75, 3.05) is 5.32 Å². The average Bonchev–Trinajstić information content (AvgIpc) is 3.10. The molecular formula is C19H22N4O2. The molecule has 0 spiro atoms. The highest BCUT2D eigenvalue weighted by molar-refractivity contribution is 5.92. The first kappa shape index (κ1) is 17.0. The lowest BCUT2D eigenvalue weighted by molar-refractivity contribution is -0.115. The van der Waals surface area contributed by atoms with Crippen LogP contribution < -0.4 is 5.32 Å². The molecule has 3 rings (SSSR count). The standard InChI is InChI=1S/C19H22N4O2/c1-5-17-12(2)19(25-22-17)20-18(24)11-16-13(3)21-23(14(16)4)15-9-7-6-8-10-15/h6-10H,5,11H2,1-4H3,(H,20,24). The second-order valence-electron chi connectivity index (χ2n) is 6.06. The molecule has 0 saturated carbocycles. The maximum atomic E-state index is 12.4. The van der Waals surface area contributed by atoms with Gasteiger partial charge >= 0.3 is 0 Å². The quantitative estimate of drug-likeness (QED) is 0.772. The third-order valence-electron chi connectivity index (χ3n) is 4.39. The van der Waals surface area contributed by atoms with Gasteiger partial charge in [0.05, 0.1) is 23.5 Å². The highest BCUT2D eigenvalue weighted by Crippen LogP contribution is 2.21. The molecule has 2 heterocycles. The van der Waals surface area contributed by atoms with Gasteiger partial charge in [-0.05, 0) is 39.3 Å². The Balaban J connectivity index is 1.80. The normalized spacial score (nSPS) is 10.9. The first-order valence-electron chi connectivity index (χ1n) is 8.36. The number of hydrogen-bond donors (Lipinski definition) is 1. The van der Waals surface area contributed by atoms with Crippen molar-refractivity contribution in [3.05, 3.63) is 58.5 Å². The maximum absolute atomic E-state index is 12.4. The minimum atomic E-state index is -0.138. The topological polar surface area (TPSA) is 73.0 Å². The number of carbonyl (C=O) groups is 1. The Labute approximate surface area is 146 Å². The van der Waals surface area contributed by atoms with E-state index in [9.17, 15) is 4.79 Å². The Bertz CT molecular complexity index is 894. The van der Waals surface area contributed by atoms with Gasteiger partial charge in [0.2, 0.25) is 11.8 Å². The number of hydrogen-bond acceptors (Lipinski definition) is 4. The number of nitrogens with zero attached hydrogens (tertiary/aromatic N) is 3. The van der Waals surface area contributed by atoms with Gasteiger partial charge in [-0.2, -0.15) is 5.10 Å². The van der Waals surface area contributed by atoms with Crippen molar-refractivity contribution >= 4 is 11.8 Å². The maximum Gasteiger partial charge on any atom is 0.234 e. The van der Waals surface area contributed by atoms with Gasteiger partial charge in [-0.25, -0.2) is 4.68 Å². The van der Waals surface area contributed by atoms with E-state index in [0.29, 0.717) is 5.88 Å². The summed E-state index contributed by atoms with van der Waals surface area (Å²) in [7, 11) is 0. The van der Waals surface area contributed by atoms with Gasteiger partial charge in [0.1, 0.15) is 0 Å². The zero-order chi connectivity index (χ0) is 18.0. The van der Waals surface area contributed by atoms with Crippen LogP contribution in [0.1, 0.15) is 35.1 Å². The first-order valence-corrected chi connectivity index (χ1v) is 8.36. The first-order chi connectivity index (χ1) is 12.0. The van der Waals surface area contributed by atoms with Crippen LogP contribution in [0.4, 0.5) is 5.88 Å². The van der Waals surface area contributed by atoms with Crippen LogP contribution in [0, 0.1) is 20.8 Å². The van der Waals surface area contributed by atoms with Gasteiger partial charge in [-0.1, -0.05) is 30.3 Å². The Kier molecular flexibility index (Phi) is 4.70. The van der Waals surface area contributed by atoms with Crippen LogP contribution in [0.25, 0.3) is 5.69 Å². The van der Waals surface area contributed by atoms with Gasteiger partial charge in [0.15, 0.2) is 0 Å². The van der Waals surface area contributed by atoms with Crippen molar-refractivity contribution in [3.63, 3.8) is 0 Å². The summed E-state index contributed by atoms with van der Waals surface area (Å²) in [5.41, 5.74) is 5.45. The average molecular weight is 338 g/mol. The van der Waals surface area contributed by atoms with Gasteiger partial charge in [-0.3, -0.25) is 10.1 Å².